The first-order valence-corrected chi connectivity index (χ1v) is 9.72. The summed E-state index contributed by atoms with van der Waals surface area (Å²) >= 11 is 3.54. The van der Waals surface area contributed by atoms with E-state index in [-0.39, 0.29) is 23.9 Å². The topological polar surface area (TPSA) is 59.6 Å². The van der Waals surface area contributed by atoms with Crippen molar-refractivity contribution in [2.45, 2.75) is 39.4 Å². The number of rotatable bonds is 8. The number of hydrogen-bond donors (Lipinski definition) is 2. The monoisotopic (exact) mass is 452 g/mol. The van der Waals surface area contributed by atoms with Crippen molar-refractivity contribution in [3.63, 3.8) is 0 Å². The third-order valence-corrected chi connectivity index (χ3v) is 4.50. The van der Waals surface area contributed by atoms with Crippen LogP contribution in [0.3, 0.4) is 0 Å². The Balaban J connectivity index is 1.97. The number of nitrogens with one attached hydrogen (secondary N) is 2. The molecule has 2 rings (SSSR count). The maximum atomic E-state index is 13.0. The van der Waals surface area contributed by atoms with Crippen LogP contribution in [0.4, 0.5) is 4.39 Å². The molecular weight excluding hydrogens is 427 g/mol. The van der Waals surface area contributed by atoms with E-state index in [1.807, 2.05) is 26.8 Å². The minimum atomic E-state index is -0.314. The predicted molar refractivity (Wildman–Crippen MR) is 111 cm³/mol. The lowest BCUT2D eigenvalue weighted by molar-refractivity contribution is -0.124. The molecule has 5 nitrogen and oxygen atoms in total. The molecule has 0 fully saturated rings. The van der Waals surface area contributed by atoms with E-state index in [2.05, 4.69) is 26.6 Å². The van der Waals surface area contributed by atoms with Gasteiger partial charge < -0.3 is 20.1 Å². The Morgan fingerprint density at radius 2 is 1.79 bits per heavy atom. The molecule has 0 bridgehead atoms. The van der Waals surface area contributed by atoms with Gasteiger partial charge in [0.2, 0.25) is 0 Å². The van der Waals surface area contributed by atoms with E-state index in [1.165, 1.54) is 12.1 Å². The van der Waals surface area contributed by atoms with Crippen molar-refractivity contribution in [3.8, 4) is 11.5 Å². The highest BCUT2D eigenvalue weighted by Gasteiger charge is 2.16. The standard InChI is InChI=1S/C21H26BrFN2O3/c1-21(2,3)25-20(26)13-28-19-10-17(22)15(9-18(19)27-4)12-24-11-14-5-7-16(23)8-6-14/h5-10,24H,11-13H2,1-4H3,(H,25,26). The number of carbonyl (C=O) groups excluding carboxylic acids is 1. The smallest absolute Gasteiger partial charge is 0.258 e. The Bertz CT molecular complexity index is 805. The highest BCUT2D eigenvalue weighted by molar-refractivity contribution is 9.10. The van der Waals surface area contributed by atoms with Crippen LogP contribution in [0.25, 0.3) is 0 Å². The summed E-state index contributed by atoms with van der Waals surface area (Å²) < 4.78 is 24.8. The Hall–Kier alpha value is -2.12. The molecule has 0 saturated heterocycles. The average molecular weight is 453 g/mol. The fraction of sp³-hybridized carbons (Fsp3) is 0.381. The second-order valence-electron chi connectivity index (χ2n) is 7.41. The summed E-state index contributed by atoms with van der Waals surface area (Å²) in [5.41, 5.74) is 1.66. The molecule has 0 spiro atoms. The maximum Gasteiger partial charge on any atom is 0.258 e. The van der Waals surface area contributed by atoms with Crippen molar-refractivity contribution in [2.75, 3.05) is 13.7 Å². The minimum absolute atomic E-state index is 0.0950. The molecule has 152 valence electrons. The number of amides is 1. The van der Waals surface area contributed by atoms with Crippen LogP contribution in [0.2, 0.25) is 0 Å². The maximum absolute atomic E-state index is 13.0. The summed E-state index contributed by atoms with van der Waals surface area (Å²) in [6, 6.07) is 10.0. The lowest BCUT2D eigenvalue weighted by atomic mass is 10.1. The van der Waals surface area contributed by atoms with Gasteiger partial charge in [0.05, 0.1) is 7.11 Å². The zero-order valence-corrected chi connectivity index (χ0v) is 18.2. The number of benzene rings is 2. The number of hydrogen-bond acceptors (Lipinski definition) is 4. The van der Waals surface area contributed by atoms with Crippen molar-refractivity contribution >= 4 is 21.8 Å². The highest BCUT2D eigenvalue weighted by Crippen LogP contribution is 2.33. The molecule has 0 aromatic heterocycles. The summed E-state index contributed by atoms with van der Waals surface area (Å²) in [4.78, 5) is 12.0. The molecule has 2 aromatic rings. The molecule has 2 aromatic carbocycles. The van der Waals surface area contributed by atoms with E-state index in [1.54, 1.807) is 25.3 Å². The van der Waals surface area contributed by atoms with E-state index < -0.39 is 0 Å². The van der Waals surface area contributed by atoms with Gasteiger partial charge in [0.15, 0.2) is 18.1 Å². The Kier molecular flexibility index (Phi) is 7.83. The van der Waals surface area contributed by atoms with Crippen molar-refractivity contribution in [3.05, 3.63) is 57.8 Å². The molecule has 2 N–H and O–H groups in total. The van der Waals surface area contributed by atoms with Gasteiger partial charge in [-0.3, -0.25) is 4.79 Å². The molecule has 28 heavy (non-hydrogen) atoms. The third kappa shape index (κ3) is 7.13. The van der Waals surface area contributed by atoms with Gasteiger partial charge in [-0.05, 0) is 56.2 Å². The molecule has 0 atom stereocenters. The van der Waals surface area contributed by atoms with Gasteiger partial charge in [0, 0.05) is 23.1 Å². The number of halogens is 2. The number of ether oxygens (including phenoxy) is 2. The molecule has 0 radical (unpaired) electrons. The first kappa shape index (κ1) is 22.2. The summed E-state index contributed by atoms with van der Waals surface area (Å²) in [6.45, 7) is 6.84. The largest absolute Gasteiger partial charge is 0.493 e. The van der Waals surface area contributed by atoms with Crippen molar-refractivity contribution in [1.29, 1.82) is 0 Å². The van der Waals surface area contributed by atoms with Crippen molar-refractivity contribution in [2.24, 2.45) is 0 Å². The third-order valence-electron chi connectivity index (χ3n) is 3.76. The highest BCUT2D eigenvalue weighted by atomic mass is 79.9. The Labute approximate surface area is 173 Å². The summed E-state index contributed by atoms with van der Waals surface area (Å²) in [7, 11) is 1.56. The van der Waals surface area contributed by atoms with Crippen molar-refractivity contribution in [1.82, 2.24) is 10.6 Å². The number of carbonyl (C=O) groups is 1. The molecule has 0 saturated carbocycles. The summed E-state index contributed by atoms with van der Waals surface area (Å²) in [6.07, 6.45) is 0. The first-order chi connectivity index (χ1) is 13.2. The van der Waals surface area contributed by atoms with Gasteiger partial charge >= 0.3 is 0 Å². The van der Waals surface area contributed by atoms with Crippen molar-refractivity contribution < 1.29 is 18.7 Å². The summed E-state index contributed by atoms with van der Waals surface area (Å²) in [5, 5.41) is 6.16. The molecule has 0 aliphatic heterocycles. The van der Waals surface area contributed by atoms with Crippen LogP contribution < -0.4 is 20.1 Å². The van der Waals surface area contributed by atoms with Gasteiger partial charge in [-0.1, -0.05) is 28.1 Å². The number of methoxy groups -OCH3 is 1. The molecule has 0 unspecified atom stereocenters. The predicted octanol–water partition coefficient (Wildman–Crippen LogP) is 4.18. The van der Waals surface area contributed by atoms with Crippen LogP contribution in [0.15, 0.2) is 40.9 Å². The fourth-order valence-corrected chi connectivity index (χ4v) is 2.99. The van der Waals surface area contributed by atoms with E-state index in [4.69, 9.17) is 9.47 Å². The van der Waals surface area contributed by atoms with Crippen LogP contribution in [0.1, 0.15) is 31.9 Å². The summed E-state index contributed by atoms with van der Waals surface area (Å²) in [5.74, 6) is 0.588. The van der Waals surface area contributed by atoms with Gasteiger partial charge in [-0.15, -0.1) is 0 Å². The quantitative estimate of drug-likeness (QED) is 0.630. The van der Waals surface area contributed by atoms with E-state index in [9.17, 15) is 9.18 Å². The van der Waals surface area contributed by atoms with Gasteiger partial charge in [0.1, 0.15) is 5.82 Å². The Morgan fingerprint density at radius 3 is 2.39 bits per heavy atom. The van der Waals surface area contributed by atoms with E-state index in [0.717, 1.165) is 15.6 Å². The van der Waals surface area contributed by atoms with Crippen LogP contribution >= 0.6 is 15.9 Å². The normalized spacial score (nSPS) is 11.2. The molecule has 7 heteroatoms. The van der Waals surface area contributed by atoms with Crippen LogP contribution in [-0.2, 0) is 17.9 Å². The lowest BCUT2D eigenvalue weighted by Gasteiger charge is -2.21. The first-order valence-electron chi connectivity index (χ1n) is 8.93. The van der Waals surface area contributed by atoms with Gasteiger partial charge in [-0.25, -0.2) is 4.39 Å². The van der Waals surface area contributed by atoms with Crippen LogP contribution in [0, 0.1) is 5.82 Å². The molecule has 0 heterocycles. The second kappa shape index (κ2) is 9.89. The van der Waals surface area contributed by atoms with Gasteiger partial charge in [-0.2, -0.15) is 0 Å². The molecular formula is C21H26BrFN2O3. The zero-order valence-electron chi connectivity index (χ0n) is 16.6. The molecule has 0 aliphatic rings. The second-order valence-corrected chi connectivity index (χ2v) is 8.27. The molecule has 1 amide bonds. The Morgan fingerprint density at radius 1 is 1.11 bits per heavy atom. The van der Waals surface area contributed by atoms with Gasteiger partial charge in [0.25, 0.3) is 5.91 Å². The zero-order chi connectivity index (χ0) is 20.7. The van der Waals surface area contributed by atoms with Crippen LogP contribution in [0.5, 0.6) is 11.5 Å². The van der Waals surface area contributed by atoms with Crippen LogP contribution in [-0.4, -0.2) is 25.2 Å². The average Bonchev–Trinajstić information content (AvgIpc) is 2.61. The minimum Gasteiger partial charge on any atom is -0.493 e. The lowest BCUT2D eigenvalue weighted by Crippen LogP contribution is -2.43. The van der Waals surface area contributed by atoms with E-state index >= 15 is 0 Å². The molecule has 0 aliphatic carbocycles. The SMILES string of the molecule is COc1cc(CNCc2ccc(F)cc2)c(Br)cc1OCC(=O)NC(C)(C)C. The fourth-order valence-electron chi connectivity index (χ4n) is 2.53. The van der Waals surface area contributed by atoms with E-state index in [0.29, 0.717) is 24.6 Å².